The minimum Gasteiger partial charge on any atom is -0.301 e. The number of allylic oxidation sites excluding steroid dienone is 2. The molecular weight excluding hydrogens is 390 g/mol. The molecule has 0 bridgehead atoms. The number of Topliss-reactive ketones (excluding diaryl/α,β-unsaturated/α-hetero) is 2. The summed E-state index contributed by atoms with van der Waals surface area (Å²) in [4.78, 5) is 27.4. The maximum Gasteiger partial charge on any atom is 0.245 e. The van der Waals surface area contributed by atoms with E-state index < -0.39 is 4.33 Å². The number of para-hydroxylation sites is 2. The van der Waals surface area contributed by atoms with E-state index in [4.69, 9.17) is 0 Å². The highest BCUT2D eigenvalue weighted by Gasteiger charge is 2.57. The van der Waals surface area contributed by atoms with Crippen molar-refractivity contribution in [3.63, 3.8) is 0 Å². The van der Waals surface area contributed by atoms with Gasteiger partial charge in [0.15, 0.2) is 16.6 Å². The largest absolute Gasteiger partial charge is 0.301 e. The minimum absolute atomic E-state index is 0.00481. The number of ketones is 2. The summed E-state index contributed by atoms with van der Waals surface area (Å²) in [5.41, 5.74) is 2.66. The van der Waals surface area contributed by atoms with Gasteiger partial charge in [-0.3, -0.25) is 9.59 Å². The van der Waals surface area contributed by atoms with Crippen molar-refractivity contribution in [2.75, 3.05) is 9.91 Å². The Morgan fingerprint density at radius 3 is 1.96 bits per heavy atom. The van der Waals surface area contributed by atoms with Gasteiger partial charge in [-0.15, -0.1) is 0 Å². The summed E-state index contributed by atoms with van der Waals surface area (Å²) in [5.74, 6) is -0.0875. The lowest BCUT2D eigenvalue weighted by molar-refractivity contribution is -0.113. The van der Waals surface area contributed by atoms with Crippen LogP contribution in [0.5, 0.6) is 0 Å². The third-order valence-corrected chi connectivity index (χ3v) is 7.60. The molecular formula is C21H19N3O2S2. The number of rotatable bonds is 4. The standard InChI is InChI=1S/C21H19N3O2S2/c1-14-19(15(2)25)27-21(23(14)17-10-6-4-7-11-17)24(18-12-8-5-9-13-18)22-20(28-21)16(3)26/h4-13H,1-3H3/t21-/m0/s1. The molecule has 2 aromatic rings. The summed E-state index contributed by atoms with van der Waals surface area (Å²) in [6.07, 6.45) is 0. The maximum absolute atomic E-state index is 12.4. The third kappa shape index (κ3) is 2.95. The molecule has 0 aromatic heterocycles. The Morgan fingerprint density at radius 1 is 0.857 bits per heavy atom. The Morgan fingerprint density at radius 2 is 1.43 bits per heavy atom. The minimum atomic E-state index is -0.811. The van der Waals surface area contributed by atoms with Gasteiger partial charge in [0, 0.05) is 18.3 Å². The Bertz CT molecular complexity index is 1000. The van der Waals surface area contributed by atoms with Crippen molar-refractivity contribution in [3.8, 4) is 0 Å². The molecule has 2 aromatic carbocycles. The number of hydrogen-bond donors (Lipinski definition) is 0. The number of thioether (sulfide) groups is 2. The van der Waals surface area contributed by atoms with Crippen LogP contribution in [0.2, 0.25) is 0 Å². The average molecular weight is 410 g/mol. The van der Waals surface area contributed by atoms with Crippen LogP contribution in [0.25, 0.3) is 0 Å². The quantitative estimate of drug-likeness (QED) is 0.721. The summed E-state index contributed by atoms with van der Waals surface area (Å²) in [6, 6.07) is 19.6. The fourth-order valence-corrected chi connectivity index (χ4v) is 6.26. The van der Waals surface area contributed by atoms with Gasteiger partial charge in [0.25, 0.3) is 0 Å². The first-order chi connectivity index (χ1) is 13.4. The smallest absolute Gasteiger partial charge is 0.245 e. The molecule has 0 saturated carbocycles. The first-order valence-electron chi connectivity index (χ1n) is 8.84. The van der Waals surface area contributed by atoms with Gasteiger partial charge in [-0.05, 0) is 49.9 Å². The predicted molar refractivity (Wildman–Crippen MR) is 117 cm³/mol. The van der Waals surface area contributed by atoms with Crippen LogP contribution in [0.4, 0.5) is 11.4 Å². The molecule has 1 atom stereocenters. The van der Waals surface area contributed by atoms with Crippen LogP contribution in [0.3, 0.4) is 0 Å². The van der Waals surface area contributed by atoms with Crippen molar-refractivity contribution in [2.45, 2.75) is 25.1 Å². The molecule has 0 fully saturated rings. The lowest BCUT2D eigenvalue weighted by Crippen LogP contribution is -2.49. The van der Waals surface area contributed by atoms with E-state index in [9.17, 15) is 9.59 Å². The monoisotopic (exact) mass is 409 g/mol. The predicted octanol–water partition coefficient (Wildman–Crippen LogP) is 4.83. The number of carbonyl (C=O) groups excluding carboxylic acids is 2. The molecule has 4 rings (SSSR count). The number of anilines is 2. The van der Waals surface area contributed by atoms with Crippen LogP contribution in [0.1, 0.15) is 20.8 Å². The highest BCUT2D eigenvalue weighted by Crippen LogP contribution is 2.60. The van der Waals surface area contributed by atoms with Crippen molar-refractivity contribution in [1.29, 1.82) is 0 Å². The molecule has 2 aliphatic heterocycles. The molecule has 0 amide bonds. The second-order valence-corrected chi connectivity index (χ2v) is 9.10. The van der Waals surface area contributed by atoms with E-state index in [1.54, 1.807) is 6.92 Å². The number of hydrazone groups is 1. The zero-order valence-electron chi connectivity index (χ0n) is 15.7. The zero-order chi connectivity index (χ0) is 19.9. The first kappa shape index (κ1) is 18.8. The Kier molecular flexibility index (Phi) is 4.81. The van der Waals surface area contributed by atoms with Gasteiger partial charge in [0.2, 0.25) is 4.33 Å². The van der Waals surface area contributed by atoms with Crippen molar-refractivity contribution in [3.05, 3.63) is 71.3 Å². The summed E-state index contributed by atoms with van der Waals surface area (Å²) in [5, 5.41) is 6.94. The maximum atomic E-state index is 12.4. The number of benzene rings is 2. The second-order valence-electron chi connectivity index (χ2n) is 6.50. The molecule has 28 heavy (non-hydrogen) atoms. The zero-order valence-corrected chi connectivity index (χ0v) is 17.4. The third-order valence-electron chi connectivity index (χ3n) is 4.51. The number of hydrogen-bond acceptors (Lipinski definition) is 7. The van der Waals surface area contributed by atoms with Crippen molar-refractivity contribution >= 4 is 51.5 Å². The first-order valence-corrected chi connectivity index (χ1v) is 10.5. The Balaban J connectivity index is 1.92. The van der Waals surface area contributed by atoms with Gasteiger partial charge in [-0.25, -0.2) is 5.01 Å². The molecule has 0 aliphatic carbocycles. The Hall–Kier alpha value is -2.51. The van der Waals surface area contributed by atoms with E-state index in [-0.39, 0.29) is 11.6 Å². The topological polar surface area (TPSA) is 53.0 Å². The molecule has 2 heterocycles. The summed E-state index contributed by atoms with van der Waals surface area (Å²) in [6.45, 7) is 5.04. The summed E-state index contributed by atoms with van der Waals surface area (Å²) in [7, 11) is 0. The molecule has 0 saturated heterocycles. The molecule has 1 spiro atoms. The number of carbonyl (C=O) groups is 2. The molecule has 2 aliphatic rings. The van der Waals surface area contributed by atoms with Gasteiger partial charge in [0.1, 0.15) is 0 Å². The summed E-state index contributed by atoms with van der Waals surface area (Å²) >= 11 is 2.82. The van der Waals surface area contributed by atoms with Crippen LogP contribution in [-0.4, -0.2) is 20.9 Å². The van der Waals surface area contributed by atoms with Crippen molar-refractivity contribution in [2.24, 2.45) is 5.10 Å². The van der Waals surface area contributed by atoms with E-state index in [2.05, 4.69) is 10.0 Å². The molecule has 0 unspecified atom stereocenters. The van der Waals surface area contributed by atoms with Crippen LogP contribution in [-0.2, 0) is 9.59 Å². The fraction of sp³-hybridized carbons (Fsp3) is 0.190. The van der Waals surface area contributed by atoms with Crippen LogP contribution < -0.4 is 9.91 Å². The normalized spacial score (nSPS) is 21.5. The van der Waals surface area contributed by atoms with E-state index >= 15 is 0 Å². The molecule has 7 heteroatoms. The average Bonchev–Trinajstić information content (AvgIpc) is 3.22. The van der Waals surface area contributed by atoms with Gasteiger partial charge in [-0.2, -0.15) is 5.10 Å². The highest BCUT2D eigenvalue weighted by molar-refractivity contribution is 8.29. The van der Waals surface area contributed by atoms with E-state index in [1.807, 2.05) is 72.6 Å². The van der Waals surface area contributed by atoms with E-state index in [0.29, 0.717) is 9.95 Å². The molecule has 142 valence electrons. The lowest BCUT2D eigenvalue weighted by Gasteiger charge is -2.41. The van der Waals surface area contributed by atoms with Crippen molar-refractivity contribution in [1.82, 2.24) is 0 Å². The Labute approximate surface area is 172 Å². The van der Waals surface area contributed by atoms with E-state index in [1.165, 1.54) is 30.4 Å². The van der Waals surface area contributed by atoms with Crippen LogP contribution in [0.15, 0.2) is 76.4 Å². The van der Waals surface area contributed by atoms with Gasteiger partial charge in [-0.1, -0.05) is 48.2 Å². The van der Waals surface area contributed by atoms with Crippen molar-refractivity contribution < 1.29 is 9.59 Å². The van der Waals surface area contributed by atoms with Crippen LogP contribution >= 0.6 is 23.5 Å². The van der Waals surface area contributed by atoms with Gasteiger partial charge >= 0.3 is 0 Å². The lowest BCUT2D eigenvalue weighted by atomic mass is 10.2. The fourth-order valence-electron chi connectivity index (χ4n) is 3.31. The SMILES string of the molecule is CC(=O)C1=NN(c2ccccc2)[C@]2(S1)SC(C(C)=O)=C(C)N2c1ccccc1. The summed E-state index contributed by atoms with van der Waals surface area (Å²) < 4.78 is -0.811. The van der Waals surface area contributed by atoms with E-state index in [0.717, 1.165) is 17.1 Å². The number of nitrogens with zero attached hydrogens (tertiary/aromatic N) is 3. The van der Waals surface area contributed by atoms with Gasteiger partial charge in [0.05, 0.1) is 10.6 Å². The molecule has 5 nitrogen and oxygen atoms in total. The second kappa shape index (κ2) is 7.14. The van der Waals surface area contributed by atoms with Crippen LogP contribution in [0, 0.1) is 0 Å². The molecule has 0 radical (unpaired) electrons. The highest BCUT2D eigenvalue weighted by atomic mass is 32.2. The van der Waals surface area contributed by atoms with Gasteiger partial charge < -0.3 is 4.90 Å². The molecule has 0 N–H and O–H groups in total.